The van der Waals surface area contributed by atoms with Gasteiger partial charge in [-0.05, 0) is 48.2 Å². The molecule has 0 N–H and O–H groups in total. The normalized spacial score (nSPS) is 10.7. The largest absolute Gasteiger partial charge is 0.248 e. The smallest absolute Gasteiger partial charge is 0.0721 e. The summed E-state index contributed by atoms with van der Waals surface area (Å²) in [5.74, 6) is 0. The van der Waals surface area contributed by atoms with Crippen molar-refractivity contribution in [3.63, 3.8) is 0 Å². The molecule has 0 spiro atoms. The zero-order valence-corrected chi connectivity index (χ0v) is 15.1. The molecule has 0 aliphatic carbocycles. The molecular weight excluding hydrogens is 314 g/mol. The Balaban J connectivity index is 1.97. The first-order valence-corrected chi connectivity index (χ1v) is 8.92. The number of rotatable bonds is 3. The van der Waals surface area contributed by atoms with Gasteiger partial charge >= 0.3 is 0 Å². The fraction of sp³-hybridized carbons (Fsp3) is 0.0800. The molecule has 126 valence electrons. The van der Waals surface area contributed by atoms with Gasteiger partial charge in [0.2, 0.25) is 0 Å². The average Bonchev–Trinajstić information content (AvgIpc) is 2.69. The summed E-state index contributed by atoms with van der Waals surface area (Å²) in [5, 5.41) is 0. The maximum absolute atomic E-state index is 5.02. The van der Waals surface area contributed by atoms with E-state index < -0.39 is 0 Å². The van der Waals surface area contributed by atoms with Crippen molar-refractivity contribution < 1.29 is 0 Å². The van der Waals surface area contributed by atoms with E-state index in [0.717, 1.165) is 17.0 Å². The number of aryl methyl sites for hydroxylation is 2. The standard InChI is InChI=1S/C25H21N/c1-18-10-9-11-19(2)25(18)24-17-22(20-12-5-3-6-13-20)16-23(26-24)21-14-7-4-8-15-21/h3-17H,1-2H3. The van der Waals surface area contributed by atoms with Crippen molar-refractivity contribution in [3.05, 3.63) is 102 Å². The van der Waals surface area contributed by atoms with Crippen LogP contribution in [0.4, 0.5) is 0 Å². The zero-order valence-electron chi connectivity index (χ0n) is 15.1. The topological polar surface area (TPSA) is 12.9 Å². The molecule has 0 unspecified atom stereocenters. The predicted octanol–water partition coefficient (Wildman–Crippen LogP) is 6.70. The van der Waals surface area contributed by atoms with Gasteiger partial charge in [-0.3, -0.25) is 0 Å². The maximum Gasteiger partial charge on any atom is 0.0721 e. The Bertz CT molecular complexity index is 956. The molecular formula is C25H21N. The Morgan fingerprint density at radius 1 is 0.500 bits per heavy atom. The molecule has 0 fully saturated rings. The Morgan fingerprint density at radius 3 is 1.65 bits per heavy atom. The van der Waals surface area contributed by atoms with Gasteiger partial charge in [0, 0.05) is 11.1 Å². The number of hydrogen-bond donors (Lipinski definition) is 0. The van der Waals surface area contributed by atoms with E-state index >= 15 is 0 Å². The molecule has 0 bridgehead atoms. The Labute approximate surface area is 155 Å². The maximum atomic E-state index is 5.02. The van der Waals surface area contributed by atoms with Crippen molar-refractivity contribution in [2.45, 2.75) is 13.8 Å². The van der Waals surface area contributed by atoms with Crippen LogP contribution in [0.15, 0.2) is 91.0 Å². The highest BCUT2D eigenvalue weighted by molar-refractivity contribution is 5.78. The molecule has 0 atom stereocenters. The summed E-state index contributed by atoms with van der Waals surface area (Å²) in [6, 6.07) is 31.7. The van der Waals surface area contributed by atoms with Crippen LogP contribution in [0.25, 0.3) is 33.6 Å². The van der Waals surface area contributed by atoms with Crippen LogP contribution in [0, 0.1) is 13.8 Å². The first kappa shape index (κ1) is 16.3. The Kier molecular flexibility index (Phi) is 4.37. The second-order valence-electron chi connectivity index (χ2n) is 6.63. The monoisotopic (exact) mass is 335 g/mol. The summed E-state index contributed by atoms with van der Waals surface area (Å²) in [5.41, 5.74) is 9.30. The van der Waals surface area contributed by atoms with E-state index in [1.807, 2.05) is 6.07 Å². The molecule has 4 aromatic rings. The van der Waals surface area contributed by atoms with Crippen LogP contribution < -0.4 is 0 Å². The molecule has 1 heterocycles. The fourth-order valence-corrected chi connectivity index (χ4v) is 3.43. The van der Waals surface area contributed by atoms with Crippen molar-refractivity contribution in [1.29, 1.82) is 0 Å². The number of pyridine rings is 1. The Morgan fingerprint density at radius 2 is 1.04 bits per heavy atom. The van der Waals surface area contributed by atoms with Gasteiger partial charge in [0.05, 0.1) is 11.4 Å². The van der Waals surface area contributed by atoms with Gasteiger partial charge in [0.25, 0.3) is 0 Å². The van der Waals surface area contributed by atoms with E-state index in [-0.39, 0.29) is 0 Å². The van der Waals surface area contributed by atoms with Crippen LogP contribution in [-0.4, -0.2) is 4.98 Å². The van der Waals surface area contributed by atoms with E-state index in [1.165, 1.54) is 27.8 Å². The molecule has 0 amide bonds. The highest BCUT2D eigenvalue weighted by Crippen LogP contribution is 2.32. The van der Waals surface area contributed by atoms with Crippen molar-refractivity contribution in [2.24, 2.45) is 0 Å². The summed E-state index contributed by atoms with van der Waals surface area (Å²) in [6.45, 7) is 4.31. The van der Waals surface area contributed by atoms with Gasteiger partial charge in [0.1, 0.15) is 0 Å². The number of hydrogen-bond acceptors (Lipinski definition) is 1. The third kappa shape index (κ3) is 3.16. The second-order valence-corrected chi connectivity index (χ2v) is 6.63. The summed E-state index contributed by atoms with van der Waals surface area (Å²) >= 11 is 0. The van der Waals surface area contributed by atoms with E-state index in [2.05, 4.69) is 98.8 Å². The third-order valence-corrected chi connectivity index (χ3v) is 4.74. The van der Waals surface area contributed by atoms with Crippen LogP contribution in [0.5, 0.6) is 0 Å². The summed E-state index contributed by atoms with van der Waals surface area (Å²) in [6.07, 6.45) is 0. The summed E-state index contributed by atoms with van der Waals surface area (Å²) in [7, 11) is 0. The van der Waals surface area contributed by atoms with Gasteiger partial charge in [-0.15, -0.1) is 0 Å². The highest BCUT2D eigenvalue weighted by Gasteiger charge is 2.12. The van der Waals surface area contributed by atoms with Gasteiger partial charge in [-0.1, -0.05) is 78.9 Å². The molecule has 26 heavy (non-hydrogen) atoms. The van der Waals surface area contributed by atoms with Crippen molar-refractivity contribution in [3.8, 4) is 33.6 Å². The lowest BCUT2D eigenvalue weighted by Gasteiger charge is -2.13. The quantitative estimate of drug-likeness (QED) is 0.406. The molecule has 4 rings (SSSR count). The predicted molar refractivity (Wildman–Crippen MR) is 110 cm³/mol. The van der Waals surface area contributed by atoms with E-state index in [4.69, 9.17) is 4.98 Å². The van der Waals surface area contributed by atoms with Crippen LogP contribution in [0.3, 0.4) is 0 Å². The number of aromatic nitrogens is 1. The zero-order chi connectivity index (χ0) is 17.9. The molecule has 3 aromatic carbocycles. The minimum Gasteiger partial charge on any atom is -0.248 e. The van der Waals surface area contributed by atoms with Crippen molar-refractivity contribution >= 4 is 0 Å². The highest BCUT2D eigenvalue weighted by atomic mass is 14.7. The molecule has 1 heteroatoms. The first-order valence-electron chi connectivity index (χ1n) is 8.92. The minimum absolute atomic E-state index is 1.00. The second kappa shape index (κ2) is 6.97. The van der Waals surface area contributed by atoms with Gasteiger partial charge in [-0.2, -0.15) is 0 Å². The molecule has 1 nitrogen and oxygen atoms in total. The summed E-state index contributed by atoms with van der Waals surface area (Å²) in [4.78, 5) is 5.02. The first-order chi connectivity index (χ1) is 12.7. The lowest BCUT2D eigenvalue weighted by atomic mass is 9.95. The third-order valence-electron chi connectivity index (χ3n) is 4.74. The summed E-state index contributed by atoms with van der Waals surface area (Å²) < 4.78 is 0. The van der Waals surface area contributed by atoms with E-state index in [1.54, 1.807) is 0 Å². The number of benzene rings is 3. The lowest BCUT2D eigenvalue weighted by molar-refractivity contribution is 1.28. The molecule has 0 aliphatic rings. The average molecular weight is 335 g/mol. The molecule has 0 saturated heterocycles. The van der Waals surface area contributed by atoms with E-state index in [0.29, 0.717) is 0 Å². The molecule has 1 aromatic heterocycles. The molecule has 0 aliphatic heterocycles. The Hall–Kier alpha value is -3.19. The van der Waals surface area contributed by atoms with Gasteiger partial charge in [0.15, 0.2) is 0 Å². The van der Waals surface area contributed by atoms with Crippen LogP contribution >= 0.6 is 0 Å². The SMILES string of the molecule is Cc1cccc(C)c1-c1cc(-c2ccccc2)cc(-c2ccccc2)n1. The molecule has 0 saturated carbocycles. The van der Waals surface area contributed by atoms with Gasteiger partial charge in [-0.25, -0.2) is 4.98 Å². The van der Waals surface area contributed by atoms with Crippen LogP contribution in [0.1, 0.15) is 11.1 Å². The lowest BCUT2D eigenvalue weighted by Crippen LogP contribution is -1.94. The molecule has 0 radical (unpaired) electrons. The van der Waals surface area contributed by atoms with Crippen LogP contribution in [0.2, 0.25) is 0 Å². The van der Waals surface area contributed by atoms with Gasteiger partial charge < -0.3 is 0 Å². The minimum atomic E-state index is 1.00. The van der Waals surface area contributed by atoms with E-state index in [9.17, 15) is 0 Å². The van der Waals surface area contributed by atoms with Crippen molar-refractivity contribution in [1.82, 2.24) is 4.98 Å². The van der Waals surface area contributed by atoms with Crippen LogP contribution in [-0.2, 0) is 0 Å². The fourth-order valence-electron chi connectivity index (χ4n) is 3.43. The van der Waals surface area contributed by atoms with Crippen molar-refractivity contribution in [2.75, 3.05) is 0 Å². The number of nitrogens with zero attached hydrogens (tertiary/aromatic N) is 1.